The number of hydrogen-bond donors (Lipinski definition) is 0. The number of hydrogen-bond acceptors (Lipinski definition) is 3. The van der Waals surface area contributed by atoms with Crippen LogP contribution in [0.1, 0.15) is 99.9 Å². The van der Waals surface area contributed by atoms with Gasteiger partial charge in [-0.25, -0.2) is 0 Å². The predicted octanol–water partition coefficient (Wildman–Crippen LogP) is 9.87. The van der Waals surface area contributed by atoms with Gasteiger partial charge in [0, 0.05) is 9.79 Å². The van der Waals surface area contributed by atoms with E-state index in [9.17, 15) is 10.2 Å². The van der Waals surface area contributed by atoms with Crippen molar-refractivity contribution in [1.29, 1.82) is 0 Å². The molecule has 0 saturated carbocycles. The van der Waals surface area contributed by atoms with E-state index in [2.05, 4.69) is 0 Å². The van der Waals surface area contributed by atoms with Crippen LogP contribution in [0.5, 0.6) is 11.5 Å². The Kier molecular flexibility index (Phi) is 15.5. The average molecular weight is 561 g/mol. The molecule has 0 saturated heterocycles. The maximum Gasteiger partial charge on any atom is 2.00 e. The SMILES string of the molecule is CC=Cc1c([O-])c(Sc2c([O-])c(C=CC)c(/C=C\C)c(C=CC)c2/C=C\C)c(/C=C\C)c(C=CC)c1/C=C\C.[Mg+2]. The van der Waals surface area contributed by atoms with E-state index >= 15 is 0 Å². The van der Waals surface area contributed by atoms with Gasteiger partial charge in [0.15, 0.2) is 0 Å². The molecule has 0 aromatic heterocycles. The molecular formula is C36H40MgO2S. The zero-order valence-electron chi connectivity index (χ0n) is 25.2. The van der Waals surface area contributed by atoms with Crippen LogP contribution in [0, 0.1) is 0 Å². The standard InChI is InChI=1S/C36H42O2S.Mg/c1-9-17-25-27(19-11-3)31(23-15-7)35(33(37)29(25)21-13-5)39-36-32(24-16-8)28(20-12-4)26(18-10-2)30(22-14-6)34(36)38;/h9-24,37-38H,1-8H3;/q;+2/p-2/b17-9-,18-10-,19-11?,20-12?,21-13?,22-14?,23-15-,24-16-;. The molecule has 0 spiro atoms. The van der Waals surface area contributed by atoms with E-state index in [-0.39, 0.29) is 34.6 Å². The summed E-state index contributed by atoms with van der Waals surface area (Å²) in [7, 11) is 0. The van der Waals surface area contributed by atoms with Crippen LogP contribution in [0.3, 0.4) is 0 Å². The first-order valence-electron chi connectivity index (χ1n) is 13.4. The van der Waals surface area contributed by atoms with Crippen molar-refractivity contribution in [2.24, 2.45) is 0 Å². The fourth-order valence-corrected chi connectivity index (χ4v) is 5.76. The summed E-state index contributed by atoms with van der Waals surface area (Å²) in [6.07, 6.45) is 31.3. The maximum absolute atomic E-state index is 14.2. The monoisotopic (exact) mass is 560 g/mol. The van der Waals surface area contributed by atoms with Gasteiger partial charge < -0.3 is 10.2 Å². The van der Waals surface area contributed by atoms with Gasteiger partial charge >= 0.3 is 23.1 Å². The first-order chi connectivity index (χ1) is 18.9. The maximum atomic E-state index is 14.2. The fraction of sp³-hybridized carbons (Fsp3) is 0.222. The van der Waals surface area contributed by atoms with Crippen molar-refractivity contribution in [2.45, 2.75) is 65.2 Å². The third-order valence-electron chi connectivity index (χ3n) is 6.00. The molecule has 0 aliphatic rings. The van der Waals surface area contributed by atoms with Crippen LogP contribution in [0.4, 0.5) is 0 Å². The summed E-state index contributed by atoms with van der Waals surface area (Å²) in [6.45, 7) is 15.5. The van der Waals surface area contributed by atoms with E-state index in [1.54, 1.807) is 0 Å². The van der Waals surface area contributed by atoms with Crippen molar-refractivity contribution >= 4 is 83.4 Å². The van der Waals surface area contributed by atoms with Gasteiger partial charge in [-0.2, -0.15) is 0 Å². The Morgan fingerprint density at radius 1 is 0.350 bits per heavy atom. The summed E-state index contributed by atoms with van der Waals surface area (Å²) in [5, 5.41) is 28.3. The Balaban J connectivity index is 0.00000800. The molecule has 204 valence electrons. The van der Waals surface area contributed by atoms with Gasteiger partial charge in [0.05, 0.1) is 0 Å². The first-order valence-corrected chi connectivity index (χ1v) is 14.2. The van der Waals surface area contributed by atoms with Crippen molar-refractivity contribution in [3.05, 3.63) is 93.1 Å². The number of rotatable bonds is 10. The average Bonchev–Trinajstić information content (AvgIpc) is 2.92. The summed E-state index contributed by atoms with van der Waals surface area (Å²) in [5.74, 6) is -0.174. The molecule has 2 rings (SSSR count). The van der Waals surface area contributed by atoms with Gasteiger partial charge in [0.2, 0.25) is 0 Å². The molecule has 0 heterocycles. The van der Waals surface area contributed by atoms with E-state index in [0.717, 1.165) is 33.4 Å². The second kappa shape index (κ2) is 17.7. The molecule has 2 nitrogen and oxygen atoms in total. The van der Waals surface area contributed by atoms with E-state index in [4.69, 9.17) is 0 Å². The zero-order valence-corrected chi connectivity index (χ0v) is 27.4. The van der Waals surface area contributed by atoms with Crippen LogP contribution in [0.25, 0.3) is 48.6 Å². The third kappa shape index (κ3) is 7.63. The second-order valence-electron chi connectivity index (χ2n) is 8.73. The molecule has 0 aliphatic heterocycles. The van der Waals surface area contributed by atoms with E-state index in [1.165, 1.54) is 11.8 Å². The fourth-order valence-electron chi connectivity index (χ4n) is 4.58. The van der Waals surface area contributed by atoms with Crippen LogP contribution < -0.4 is 10.2 Å². The predicted molar refractivity (Wildman–Crippen MR) is 179 cm³/mol. The van der Waals surface area contributed by atoms with Crippen molar-refractivity contribution in [1.82, 2.24) is 0 Å². The molecule has 4 heteroatoms. The van der Waals surface area contributed by atoms with Gasteiger partial charge in [-0.1, -0.05) is 120 Å². The molecule has 0 amide bonds. The Labute approximate surface area is 262 Å². The quantitative estimate of drug-likeness (QED) is 0.272. The minimum Gasteiger partial charge on any atom is -0.871 e. The van der Waals surface area contributed by atoms with Crippen LogP contribution in [0.15, 0.2) is 58.4 Å². The Hall–Kier alpha value is -2.92. The van der Waals surface area contributed by atoms with Gasteiger partial charge in [-0.15, -0.1) is 0 Å². The molecule has 0 fully saturated rings. The summed E-state index contributed by atoms with van der Waals surface area (Å²) < 4.78 is 0. The van der Waals surface area contributed by atoms with Gasteiger partial charge in [0.1, 0.15) is 0 Å². The van der Waals surface area contributed by atoms with Crippen LogP contribution in [0.2, 0.25) is 0 Å². The van der Waals surface area contributed by atoms with Gasteiger partial charge in [0.25, 0.3) is 0 Å². The molecule has 0 N–H and O–H groups in total. The first kappa shape index (κ1) is 35.1. The topological polar surface area (TPSA) is 46.1 Å². The molecular weight excluding hydrogens is 521 g/mol. The molecule has 0 atom stereocenters. The number of allylic oxidation sites excluding steroid dienone is 8. The largest absolute Gasteiger partial charge is 2.00 e. The van der Waals surface area contributed by atoms with Crippen molar-refractivity contribution < 1.29 is 10.2 Å². The van der Waals surface area contributed by atoms with E-state index in [1.807, 2.05) is 153 Å². The minimum atomic E-state index is -0.0870. The smallest absolute Gasteiger partial charge is 0.871 e. The normalized spacial score (nSPS) is 12.8. The molecule has 0 aliphatic carbocycles. The summed E-state index contributed by atoms with van der Waals surface area (Å²) in [4.78, 5) is 1.09. The van der Waals surface area contributed by atoms with Crippen LogP contribution in [-0.4, -0.2) is 23.1 Å². The zero-order chi connectivity index (χ0) is 28.9. The van der Waals surface area contributed by atoms with Crippen molar-refractivity contribution in [3.63, 3.8) is 0 Å². The Morgan fingerprint density at radius 3 is 0.800 bits per heavy atom. The van der Waals surface area contributed by atoms with E-state index in [0.29, 0.717) is 20.9 Å². The third-order valence-corrected chi connectivity index (χ3v) is 7.22. The van der Waals surface area contributed by atoms with Gasteiger partial charge in [-0.3, -0.25) is 0 Å². The summed E-state index contributed by atoms with van der Waals surface area (Å²) >= 11 is 1.28. The summed E-state index contributed by atoms with van der Waals surface area (Å²) in [6, 6.07) is 0. The molecule has 2 aromatic carbocycles. The second-order valence-corrected chi connectivity index (χ2v) is 9.75. The molecule has 40 heavy (non-hydrogen) atoms. The number of benzene rings is 2. The van der Waals surface area contributed by atoms with Crippen LogP contribution >= 0.6 is 11.8 Å². The molecule has 0 unspecified atom stereocenters. The van der Waals surface area contributed by atoms with E-state index < -0.39 is 0 Å². The Bertz CT molecular complexity index is 1310. The molecule has 0 bridgehead atoms. The van der Waals surface area contributed by atoms with Gasteiger partial charge in [-0.05, 0) is 99.9 Å². The minimum absolute atomic E-state index is 0. The molecule has 0 radical (unpaired) electrons. The Morgan fingerprint density at radius 2 is 0.550 bits per heavy atom. The van der Waals surface area contributed by atoms with Crippen molar-refractivity contribution in [3.8, 4) is 11.5 Å². The summed E-state index contributed by atoms with van der Waals surface area (Å²) in [5.41, 5.74) is 6.53. The van der Waals surface area contributed by atoms with Crippen LogP contribution in [-0.2, 0) is 0 Å². The van der Waals surface area contributed by atoms with Crippen molar-refractivity contribution in [2.75, 3.05) is 0 Å². The molecule has 2 aromatic rings.